The third kappa shape index (κ3) is 0.973. The summed E-state index contributed by atoms with van der Waals surface area (Å²) >= 11 is 5.72. The van der Waals surface area contributed by atoms with Crippen molar-refractivity contribution in [1.29, 1.82) is 0 Å². The number of H-pyrrole nitrogens is 1. The molecular weight excluding hydrogens is 167 g/mol. The zero-order valence-electron chi connectivity index (χ0n) is 5.44. The van der Waals surface area contributed by atoms with Crippen molar-refractivity contribution in [3.05, 3.63) is 29.3 Å². The Balaban J connectivity index is 2.90. The molecule has 4 heteroatoms. The number of nitrogens with zero attached hydrogens (tertiary/aromatic N) is 1. The lowest BCUT2D eigenvalue weighted by Gasteiger charge is -1.87. The Kier molecular flexibility index (Phi) is 1.32. The van der Waals surface area contributed by atoms with Crippen LogP contribution in [0.4, 0.5) is 4.39 Å². The van der Waals surface area contributed by atoms with E-state index in [1.165, 1.54) is 0 Å². The number of aromatic amines is 1. The molecule has 0 radical (unpaired) electrons. The normalized spacial score (nSPS) is 10.7. The van der Waals surface area contributed by atoms with E-state index in [1.807, 2.05) is 0 Å². The number of nitrogens with one attached hydrogen (secondary N) is 1. The van der Waals surface area contributed by atoms with Gasteiger partial charge in [0.15, 0.2) is 0 Å². The Morgan fingerprint density at radius 2 is 2.27 bits per heavy atom. The van der Waals surface area contributed by atoms with Gasteiger partial charge in [0.05, 0.1) is 10.5 Å². The van der Waals surface area contributed by atoms with Crippen LogP contribution in [0, 0.1) is 6.08 Å². The number of rotatable bonds is 0. The van der Waals surface area contributed by atoms with Crippen molar-refractivity contribution in [2.45, 2.75) is 0 Å². The molecule has 0 aliphatic carbocycles. The maximum Gasteiger partial charge on any atom is 0.287 e. The van der Waals surface area contributed by atoms with Gasteiger partial charge in [-0.3, -0.25) is 0 Å². The molecule has 2 aromatic rings. The highest BCUT2D eigenvalue weighted by atomic mass is 35.5. The van der Waals surface area contributed by atoms with Crippen LogP contribution < -0.4 is 0 Å². The van der Waals surface area contributed by atoms with Crippen LogP contribution in [0.3, 0.4) is 0 Å². The van der Waals surface area contributed by atoms with E-state index in [0.717, 1.165) is 0 Å². The number of halogens is 2. The van der Waals surface area contributed by atoms with Gasteiger partial charge in [0.2, 0.25) is 0 Å². The summed E-state index contributed by atoms with van der Waals surface area (Å²) in [6, 6.07) is 5.13. The van der Waals surface area contributed by atoms with Crippen molar-refractivity contribution in [3.63, 3.8) is 0 Å². The van der Waals surface area contributed by atoms with Gasteiger partial charge >= 0.3 is 0 Å². The minimum Gasteiger partial charge on any atom is -0.314 e. The fourth-order valence-corrected chi connectivity index (χ4v) is 1.18. The van der Waals surface area contributed by atoms with E-state index in [2.05, 4.69) is 9.97 Å². The monoisotopic (exact) mass is 170 g/mol. The van der Waals surface area contributed by atoms with Crippen LogP contribution in [0.15, 0.2) is 18.2 Å². The Morgan fingerprint density at radius 3 is 3.00 bits per heavy atom. The molecule has 2 rings (SSSR count). The molecule has 1 aromatic carbocycles. The average Bonchev–Trinajstić information content (AvgIpc) is 2.31. The highest BCUT2D eigenvalue weighted by Crippen LogP contribution is 2.19. The van der Waals surface area contributed by atoms with Gasteiger partial charge in [-0.05, 0) is 12.1 Å². The van der Waals surface area contributed by atoms with Gasteiger partial charge < -0.3 is 4.98 Å². The van der Waals surface area contributed by atoms with Crippen LogP contribution in [-0.2, 0) is 0 Å². The molecule has 2 nitrogen and oxygen atoms in total. The SMILES string of the molecule is Fc1nc2c(Cl)cccc2[nH]1. The fraction of sp³-hybridized carbons (Fsp3) is 0. The van der Waals surface area contributed by atoms with Crippen molar-refractivity contribution < 1.29 is 4.39 Å². The van der Waals surface area contributed by atoms with Gasteiger partial charge in [-0.25, -0.2) is 4.98 Å². The number of aromatic nitrogens is 2. The van der Waals surface area contributed by atoms with Gasteiger partial charge in [-0.15, -0.1) is 0 Å². The van der Waals surface area contributed by atoms with Gasteiger partial charge in [0, 0.05) is 0 Å². The van der Waals surface area contributed by atoms with Crippen molar-refractivity contribution in [2.24, 2.45) is 0 Å². The number of benzene rings is 1. The zero-order chi connectivity index (χ0) is 7.84. The molecule has 0 saturated carbocycles. The fourth-order valence-electron chi connectivity index (χ4n) is 0.967. The zero-order valence-corrected chi connectivity index (χ0v) is 6.19. The van der Waals surface area contributed by atoms with Gasteiger partial charge in [0.1, 0.15) is 5.52 Å². The molecule has 0 bridgehead atoms. The minimum atomic E-state index is -0.604. The molecule has 0 fully saturated rings. The molecule has 0 unspecified atom stereocenters. The molecule has 0 atom stereocenters. The smallest absolute Gasteiger partial charge is 0.287 e. The highest BCUT2D eigenvalue weighted by molar-refractivity contribution is 6.34. The quantitative estimate of drug-likeness (QED) is 0.646. The minimum absolute atomic E-state index is 0.461. The van der Waals surface area contributed by atoms with Crippen LogP contribution in [0.2, 0.25) is 5.02 Å². The second kappa shape index (κ2) is 2.20. The predicted octanol–water partition coefficient (Wildman–Crippen LogP) is 2.36. The molecule has 0 aliphatic rings. The van der Waals surface area contributed by atoms with Gasteiger partial charge in [-0.2, -0.15) is 4.39 Å². The molecule has 1 heterocycles. The van der Waals surface area contributed by atoms with Crippen LogP contribution >= 0.6 is 11.6 Å². The number of hydrogen-bond acceptors (Lipinski definition) is 1. The molecule has 1 aromatic heterocycles. The van der Waals surface area contributed by atoms with Crippen molar-refractivity contribution >= 4 is 22.6 Å². The van der Waals surface area contributed by atoms with Crippen molar-refractivity contribution in [2.75, 3.05) is 0 Å². The van der Waals surface area contributed by atoms with Crippen LogP contribution in [0.5, 0.6) is 0 Å². The Labute approximate surface area is 67.0 Å². The molecule has 0 saturated heterocycles. The molecule has 0 amide bonds. The largest absolute Gasteiger partial charge is 0.314 e. The van der Waals surface area contributed by atoms with E-state index in [-0.39, 0.29) is 0 Å². The standard InChI is InChI=1S/C7H4ClFN2/c8-4-2-1-3-5-6(4)11-7(9)10-5/h1-3H,(H,10,11). The topological polar surface area (TPSA) is 28.7 Å². The first kappa shape index (κ1) is 6.61. The molecule has 56 valence electrons. The first-order valence-corrected chi connectivity index (χ1v) is 3.45. The second-order valence-electron chi connectivity index (χ2n) is 2.16. The summed E-state index contributed by atoms with van der Waals surface area (Å²) in [5.74, 6) is 0. The lowest BCUT2D eigenvalue weighted by molar-refractivity contribution is 0.556. The number of hydrogen-bond donors (Lipinski definition) is 1. The highest BCUT2D eigenvalue weighted by Gasteiger charge is 2.03. The summed E-state index contributed by atoms with van der Waals surface area (Å²) < 4.78 is 12.5. The predicted molar refractivity (Wildman–Crippen MR) is 41.1 cm³/mol. The second-order valence-corrected chi connectivity index (χ2v) is 2.57. The molecule has 0 aliphatic heterocycles. The first-order valence-electron chi connectivity index (χ1n) is 3.07. The van der Waals surface area contributed by atoms with Crippen molar-refractivity contribution in [1.82, 2.24) is 9.97 Å². The molecule has 1 N–H and O–H groups in total. The first-order chi connectivity index (χ1) is 5.27. The van der Waals surface area contributed by atoms with Crippen LogP contribution in [0.25, 0.3) is 11.0 Å². The maximum absolute atomic E-state index is 12.5. The van der Waals surface area contributed by atoms with Crippen LogP contribution in [-0.4, -0.2) is 9.97 Å². The van der Waals surface area contributed by atoms with Crippen LogP contribution in [0.1, 0.15) is 0 Å². The van der Waals surface area contributed by atoms with E-state index in [0.29, 0.717) is 16.1 Å². The van der Waals surface area contributed by atoms with Gasteiger partial charge in [0.25, 0.3) is 6.08 Å². The number of fused-ring (bicyclic) bond motifs is 1. The molecule has 0 spiro atoms. The Hall–Kier alpha value is -1.09. The number of imidazole rings is 1. The lowest BCUT2D eigenvalue weighted by Crippen LogP contribution is -1.70. The van der Waals surface area contributed by atoms with Crippen molar-refractivity contribution in [3.8, 4) is 0 Å². The third-order valence-corrected chi connectivity index (χ3v) is 1.74. The number of para-hydroxylation sites is 1. The molecule has 11 heavy (non-hydrogen) atoms. The summed E-state index contributed by atoms with van der Waals surface area (Å²) in [6.45, 7) is 0. The summed E-state index contributed by atoms with van der Waals surface area (Å²) in [5.41, 5.74) is 1.10. The van der Waals surface area contributed by atoms with E-state index in [4.69, 9.17) is 11.6 Å². The van der Waals surface area contributed by atoms with E-state index < -0.39 is 6.08 Å². The third-order valence-electron chi connectivity index (χ3n) is 1.43. The van der Waals surface area contributed by atoms with E-state index in [1.54, 1.807) is 18.2 Å². The summed E-state index contributed by atoms with van der Waals surface area (Å²) in [5, 5.41) is 0.461. The summed E-state index contributed by atoms with van der Waals surface area (Å²) in [7, 11) is 0. The Bertz CT molecular complexity index is 396. The van der Waals surface area contributed by atoms with Gasteiger partial charge in [-0.1, -0.05) is 17.7 Å². The Morgan fingerprint density at radius 1 is 1.45 bits per heavy atom. The summed E-state index contributed by atoms with van der Waals surface area (Å²) in [4.78, 5) is 6.00. The molecular formula is C7H4ClFN2. The maximum atomic E-state index is 12.5. The summed E-state index contributed by atoms with van der Waals surface area (Å²) in [6.07, 6.45) is -0.604. The lowest BCUT2D eigenvalue weighted by atomic mass is 10.3. The average molecular weight is 171 g/mol. The van der Waals surface area contributed by atoms with E-state index in [9.17, 15) is 4.39 Å². The van der Waals surface area contributed by atoms with E-state index >= 15 is 0 Å².